The van der Waals surface area contributed by atoms with Crippen molar-refractivity contribution >= 4 is 16.7 Å². The lowest BCUT2D eigenvalue weighted by Crippen LogP contribution is -2.29. The van der Waals surface area contributed by atoms with E-state index < -0.39 is 0 Å². The average molecular weight is 266 g/mol. The molecule has 0 unspecified atom stereocenters. The Morgan fingerprint density at radius 2 is 2.15 bits per heavy atom. The quantitative estimate of drug-likeness (QED) is 0.860. The Balaban J connectivity index is 2.09. The van der Waals surface area contributed by atoms with Gasteiger partial charge in [-0.2, -0.15) is 5.26 Å². The minimum absolute atomic E-state index is 0.671. The molecular weight excluding hydrogens is 248 g/mol. The van der Waals surface area contributed by atoms with E-state index >= 15 is 0 Å². The monoisotopic (exact) mass is 266 g/mol. The van der Waals surface area contributed by atoms with Crippen LogP contribution in [0, 0.1) is 18.3 Å². The second kappa shape index (κ2) is 5.48. The number of nitriles is 1. The molecule has 1 fully saturated rings. The number of rotatable bonds is 1. The van der Waals surface area contributed by atoms with E-state index in [0.717, 1.165) is 49.3 Å². The summed E-state index contributed by atoms with van der Waals surface area (Å²) in [5.41, 5.74) is 2.82. The summed E-state index contributed by atoms with van der Waals surface area (Å²) in [5, 5.41) is 13.8. The van der Waals surface area contributed by atoms with Crippen molar-refractivity contribution in [2.24, 2.45) is 0 Å². The van der Waals surface area contributed by atoms with Crippen LogP contribution in [-0.4, -0.2) is 31.2 Å². The number of nitrogens with zero attached hydrogens (tertiary/aromatic N) is 3. The molecule has 0 spiro atoms. The highest BCUT2D eigenvalue weighted by molar-refractivity contribution is 5.83. The van der Waals surface area contributed by atoms with Gasteiger partial charge in [-0.25, -0.2) is 4.98 Å². The number of aromatic nitrogens is 1. The first-order valence-corrected chi connectivity index (χ1v) is 7.05. The number of benzene rings is 1. The van der Waals surface area contributed by atoms with Crippen LogP contribution >= 0.6 is 0 Å². The molecule has 20 heavy (non-hydrogen) atoms. The molecule has 0 bridgehead atoms. The normalized spacial score (nSPS) is 15.9. The Morgan fingerprint density at radius 1 is 1.25 bits per heavy atom. The molecule has 0 radical (unpaired) electrons. The van der Waals surface area contributed by atoms with Crippen LogP contribution < -0.4 is 10.2 Å². The number of anilines is 1. The van der Waals surface area contributed by atoms with E-state index in [2.05, 4.69) is 35.3 Å². The summed E-state index contributed by atoms with van der Waals surface area (Å²) in [4.78, 5) is 6.95. The van der Waals surface area contributed by atoms with Gasteiger partial charge in [0.05, 0.1) is 11.1 Å². The zero-order valence-electron chi connectivity index (χ0n) is 11.7. The van der Waals surface area contributed by atoms with E-state index in [1.54, 1.807) is 0 Å². The lowest BCUT2D eigenvalue weighted by Gasteiger charge is -2.22. The van der Waals surface area contributed by atoms with Gasteiger partial charge in [0.2, 0.25) is 0 Å². The zero-order valence-corrected chi connectivity index (χ0v) is 11.7. The van der Waals surface area contributed by atoms with E-state index in [1.807, 2.05) is 12.1 Å². The van der Waals surface area contributed by atoms with Crippen molar-refractivity contribution in [2.45, 2.75) is 13.3 Å². The van der Waals surface area contributed by atoms with E-state index in [9.17, 15) is 5.26 Å². The summed E-state index contributed by atoms with van der Waals surface area (Å²) in [7, 11) is 0. The van der Waals surface area contributed by atoms with Gasteiger partial charge in [-0.3, -0.25) is 0 Å². The van der Waals surface area contributed by atoms with Crippen LogP contribution in [-0.2, 0) is 0 Å². The van der Waals surface area contributed by atoms with Crippen LogP contribution in [0.2, 0.25) is 0 Å². The summed E-state index contributed by atoms with van der Waals surface area (Å²) in [6.07, 6.45) is 1.08. The van der Waals surface area contributed by atoms with Crippen molar-refractivity contribution in [1.82, 2.24) is 10.3 Å². The van der Waals surface area contributed by atoms with Gasteiger partial charge in [-0.1, -0.05) is 11.6 Å². The molecule has 4 heteroatoms. The van der Waals surface area contributed by atoms with E-state index in [1.165, 1.54) is 5.56 Å². The maximum atomic E-state index is 9.42. The Morgan fingerprint density at radius 3 is 3.00 bits per heavy atom. The minimum Gasteiger partial charge on any atom is -0.354 e. The molecule has 102 valence electrons. The summed E-state index contributed by atoms with van der Waals surface area (Å²) < 4.78 is 0. The van der Waals surface area contributed by atoms with Gasteiger partial charge >= 0.3 is 0 Å². The number of fused-ring (bicyclic) bond motifs is 1. The molecule has 4 nitrogen and oxygen atoms in total. The molecule has 1 saturated heterocycles. The van der Waals surface area contributed by atoms with Crippen LogP contribution in [0.1, 0.15) is 17.5 Å². The molecule has 0 atom stereocenters. The van der Waals surface area contributed by atoms with Gasteiger partial charge < -0.3 is 10.2 Å². The van der Waals surface area contributed by atoms with Gasteiger partial charge in [0, 0.05) is 25.0 Å². The van der Waals surface area contributed by atoms with Gasteiger partial charge in [0.15, 0.2) is 0 Å². The fourth-order valence-corrected chi connectivity index (χ4v) is 2.67. The van der Waals surface area contributed by atoms with E-state index in [0.29, 0.717) is 5.56 Å². The number of hydrogen-bond acceptors (Lipinski definition) is 4. The molecule has 2 aromatic rings. The highest BCUT2D eigenvalue weighted by Crippen LogP contribution is 2.24. The second-order valence-corrected chi connectivity index (χ2v) is 5.26. The smallest absolute Gasteiger partial charge is 0.147 e. The number of pyridine rings is 1. The predicted molar refractivity (Wildman–Crippen MR) is 80.9 cm³/mol. The topological polar surface area (TPSA) is 52.0 Å². The zero-order chi connectivity index (χ0) is 13.9. The third-order valence-electron chi connectivity index (χ3n) is 3.71. The maximum absolute atomic E-state index is 9.42. The van der Waals surface area contributed by atoms with Crippen LogP contribution in [0.15, 0.2) is 24.3 Å². The molecule has 1 aliphatic rings. The molecule has 0 saturated carbocycles. The Bertz CT molecular complexity index is 664. The largest absolute Gasteiger partial charge is 0.354 e. The molecule has 3 rings (SSSR count). The van der Waals surface area contributed by atoms with Gasteiger partial charge in [0.25, 0.3) is 0 Å². The second-order valence-electron chi connectivity index (χ2n) is 5.26. The Hall–Kier alpha value is -2.12. The molecule has 2 heterocycles. The third kappa shape index (κ3) is 2.45. The van der Waals surface area contributed by atoms with Gasteiger partial charge in [0.1, 0.15) is 11.9 Å². The van der Waals surface area contributed by atoms with Crippen molar-refractivity contribution in [3.63, 3.8) is 0 Å². The number of hydrogen-bond donors (Lipinski definition) is 1. The van der Waals surface area contributed by atoms with Crippen molar-refractivity contribution in [2.75, 3.05) is 31.1 Å². The maximum Gasteiger partial charge on any atom is 0.147 e. The van der Waals surface area contributed by atoms with Crippen molar-refractivity contribution < 1.29 is 0 Å². The number of aryl methyl sites for hydroxylation is 1. The lowest BCUT2D eigenvalue weighted by molar-refractivity contribution is 0.724. The molecule has 1 aromatic carbocycles. The molecular formula is C16H18N4. The van der Waals surface area contributed by atoms with E-state index in [4.69, 9.17) is 4.98 Å². The predicted octanol–water partition coefficient (Wildman–Crippen LogP) is 2.21. The SMILES string of the molecule is Cc1ccc2nc(N3CCCNCC3)c(C#N)cc2c1. The molecule has 0 aliphatic carbocycles. The Kier molecular flexibility index (Phi) is 3.53. The van der Waals surface area contributed by atoms with Crippen molar-refractivity contribution in [3.8, 4) is 6.07 Å². The summed E-state index contributed by atoms with van der Waals surface area (Å²) >= 11 is 0. The summed E-state index contributed by atoms with van der Waals surface area (Å²) in [6.45, 7) is 5.88. The van der Waals surface area contributed by atoms with Crippen LogP contribution in [0.5, 0.6) is 0 Å². The first kappa shape index (κ1) is 12.9. The molecule has 1 aliphatic heterocycles. The lowest BCUT2D eigenvalue weighted by atomic mass is 10.1. The fraction of sp³-hybridized carbons (Fsp3) is 0.375. The van der Waals surface area contributed by atoms with Gasteiger partial charge in [-0.05, 0) is 38.1 Å². The summed E-state index contributed by atoms with van der Waals surface area (Å²) in [5.74, 6) is 0.826. The highest BCUT2D eigenvalue weighted by atomic mass is 15.2. The van der Waals surface area contributed by atoms with Crippen LogP contribution in [0.4, 0.5) is 5.82 Å². The third-order valence-corrected chi connectivity index (χ3v) is 3.71. The van der Waals surface area contributed by atoms with Crippen molar-refractivity contribution in [1.29, 1.82) is 5.26 Å². The molecule has 1 aromatic heterocycles. The van der Waals surface area contributed by atoms with Crippen LogP contribution in [0.25, 0.3) is 10.9 Å². The standard InChI is InChI=1S/C16H18N4/c1-12-3-4-15-13(9-12)10-14(11-17)16(19-15)20-7-2-5-18-6-8-20/h3-4,9-10,18H,2,5-8H2,1H3. The van der Waals surface area contributed by atoms with Crippen LogP contribution in [0.3, 0.4) is 0 Å². The van der Waals surface area contributed by atoms with E-state index in [-0.39, 0.29) is 0 Å². The fourth-order valence-electron chi connectivity index (χ4n) is 2.67. The minimum atomic E-state index is 0.671. The summed E-state index contributed by atoms with van der Waals surface area (Å²) in [6, 6.07) is 10.4. The Labute approximate surface area is 119 Å². The van der Waals surface area contributed by atoms with Crippen molar-refractivity contribution in [3.05, 3.63) is 35.4 Å². The number of nitrogens with one attached hydrogen (secondary N) is 1. The molecule has 0 amide bonds. The highest BCUT2D eigenvalue weighted by Gasteiger charge is 2.15. The first-order valence-electron chi connectivity index (χ1n) is 7.05. The first-order chi connectivity index (χ1) is 9.78. The molecule has 1 N–H and O–H groups in total. The average Bonchev–Trinajstić information content (AvgIpc) is 2.74. The van der Waals surface area contributed by atoms with Gasteiger partial charge in [-0.15, -0.1) is 0 Å².